The van der Waals surface area contributed by atoms with E-state index in [-0.39, 0.29) is 16.4 Å². The number of hydrogen-bond acceptors (Lipinski definition) is 3. The Bertz CT molecular complexity index is 715. The minimum absolute atomic E-state index is 0.0759. The van der Waals surface area contributed by atoms with Crippen molar-refractivity contribution < 1.29 is 13.2 Å². The maximum atomic E-state index is 11.9. The van der Waals surface area contributed by atoms with Gasteiger partial charge in [0.25, 0.3) is 5.91 Å². The Balaban J connectivity index is 3.56. The van der Waals surface area contributed by atoms with E-state index < -0.39 is 15.7 Å². The number of hydrogen-bond donors (Lipinski definition) is 2. The van der Waals surface area contributed by atoms with Crippen LogP contribution < -0.4 is 11.5 Å². The zero-order chi connectivity index (χ0) is 16.2. The van der Waals surface area contributed by atoms with Crippen LogP contribution in [-0.4, -0.2) is 26.5 Å². The zero-order valence-electron chi connectivity index (χ0n) is 12.3. The summed E-state index contributed by atoms with van der Waals surface area (Å²) in [6.45, 7) is 3.64. The molecule has 0 aromatic heterocycles. The normalized spacial score (nSPS) is 11.6. The fourth-order valence-corrected chi connectivity index (χ4v) is 2.70. The Kier molecular flexibility index (Phi) is 5.26. The van der Waals surface area contributed by atoms with Crippen molar-refractivity contribution in [3.8, 4) is 0 Å². The maximum absolute atomic E-state index is 11.9. The number of nitrogens with two attached hydrogens (primary N) is 2. The molecular formula is C14H19N3O3S. The molecule has 1 amide bonds. The summed E-state index contributed by atoms with van der Waals surface area (Å²) in [5.41, 5.74) is 11.7. The molecule has 0 atom stereocenters. The molecule has 0 unspecified atom stereocenters. The van der Waals surface area contributed by atoms with Crippen LogP contribution >= 0.6 is 0 Å². The first-order valence-corrected chi connectivity index (χ1v) is 8.21. The van der Waals surface area contributed by atoms with Crippen LogP contribution in [0.1, 0.15) is 34.8 Å². The molecule has 0 fully saturated rings. The van der Waals surface area contributed by atoms with Gasteiger partial charge in [-0.25, -0.2) is 8.42 Å². The highest BCUT2D eigenvalue weighted by Crippen LogP contribution is 2.23. The molecule has 0 aliphatic carbocycles. The summed E-state index contributed by atoms with van der Waals surface area (Å²) in [6.07, 6.45) is 5.44. The van der Waals surface area contributed by atoms with Crippen molar-refractivity contribution in [2.45, 2.75) is 25.2 Å². The predicted molar refractivity (Wildman–Crippen MR) is 83.8 cm³/mol. The largest absolute Gasteiger partial charge is 0.370 e. The van der Waals surface area contributed by atoms with Crippen molar-refractivity contribution in [2.75, 3.05) is 6.26 Å². The van der Waals surface area contributed by atoms with Crippen molar-refractivity contribution in [3.63, 3.8) is 0 Å². The van der Waals surface area contributed by atoms with E-state index in [1.807, 2.05) is 13.0 Å². The Morgan fingerprint density at radius 2 is 1.95 bits per heavy atom. The molecule has 1 rings (SSSR count). The van der Waals surface area contributed by atoms with Gasteiger partial charge in [0, 0.05) is 11.8 Å². The summed E-state index contributed by atoms with van der Waals surface area (Å²) in [5.74, 6) is -1.03. The van der Waals surface area contributed by atoms with Gasteiger partial charge in [0.2, 0.25) is 0 Å². The lowest BCUT2D eigenvalue weighted by Gasteiger charge is -2.09. The standard InChI is InChI=1S/C14H19N3O3S/c1-4-5-6-10-7-9(2)11(13(18)17-14(15)16)8-12(10)21(3,19)20/h5-8H,4H2,1-3H3,(H4,15,16,17,18). The number of sulfone groups is 1. The van der Waals surface area contributed by atoms with E-state index in [2.05, 4.69) is 4.99 Å². The Morgan fingerprint density at radius 1 is 1.33 bits per heavy atom. The topological polar surface area (TPSA) is 116 Å². The zero-order valence-corrected chi connectivity index (χ0v) is 13.1. The summed E-state index contributed by atoms with van der Waals surface area (Å²) < 4.78 is 23.8. The number of carbonyl (C=O) groups is 1. The van der Waals surface area contributed by atoms with Crippen LogP contribution in [0.2, 0.25) is 0 Å². The Morgan fingerprint density at radius 3 is 2.43 bits per heavy atom. The van der Waals surface area contributed by atoms with Crippen molar-refractivity contribution in [2.24, 2.45) is 16.5 Å². The highest BCUT2D eigenvalue weighted by molar-refractivity contribution is 7.90. The third-order valence-electron chi connectivity index (χ3n) is 2.75. The smallest absolute Gasteiger partial charge is 0.280 e. The van der Waals surface area contributed by atoms with Gasteiger partial charge in [-0.15, -0.1) is 0 Å². The first-order chi connectivity index (χ1) is 9.66. The van der Waals surface area contributed by atoms with Crippen LogP contribution in [0, 0.1) is 6.92 Å². The number of benzene rings is 1. The van der Waals surface area contributed by atoms with E-state index in [9.17, 15) is 13.2 Å². The summed E-state index contributed by atoms with van der Waals surface area (Å²) in [4.78, 5) is 15.4. The van der Waals surface area contributed by atoms with E-state index in [1.54, 1.807) is 19.1 Å². The summed E-state index contributed by atoms with van der Waals surface area (Å²) in [6, 6.07) is 2.95. The van der Waals surface area contributed by atoms with Gasteiger partial charge in [-0.3, -0.25) is 4.79 Å². The van der Waals surface area contributed by atoms with E-state index in [0.29, 0.717) is 11.1 Å². The highest BCUT2D eigenvalue weighted by atomic mass is 32.2. The summed E-state index contributed by atoms with van der Waals surface area (Å²) in [7, 11) is -3.48. The molecule has 21 heavy (non-hydrogen) atoms. The molecular weight excluding hydrogens is 290 g/mol. The van der Waals surface area contributed by atoms with Crippen LogP contribution in [-0.2, 0) is 9.84 Å². The number of nitrogens with zero attached hydrogens (tertiary/aromatic N) is 1. The van der Waals surface area contributed by atoms with Gasteiger partial charge >= 0.3 is 0 Å². The third-order valence-corrected chi connectivity index (χ3v) is 3.90. The lowest BCUT2D eigenvalue weighted by Crippen LogP contribution is -2.24. The molecule has 0 saturated heterocycles. The fourth-order valence-electron chi connectivity index (χ4n) is 1.81. The van der Waals surface area contributed by atoms with Gasteiger partial charge in [-0.2, -0.15) is 4.99 Å². The Hall–Kier alpha value is -2.15. The van der Waals surface area contributed by atoms with Crippen molar-refractivity contribution in [1.82, 2.24) is 0 Å². The van der Waals surface area contributed by atoms with E-state index in [0.717, 1.165) is 12.7 Å². The molecule has 0 spiro atoms. The molecule has 6 nitrogen and oxygen atoms in total. The second kappa shape index (κ2) is 6.53. The molecule has 7 heteroatoms. The second-order valence-corrected chi connectivity index (χ2v) is 6.61. The number of guanidine groups is 1. The van der Waals surface area contributed by atoms with Crippen LogP contribution in [0.15, 0.2) is 28.1 Å². The molecule has 0 radical (unpaired) electrons. The summed E-state index contributed by atoms with van der Waals surface area (Å²) >= 11 is 0. The molecule has 0 aliphatic heterocycles. The van der Waals surface area contributed by atoms with Crippen molar-refractivity contribution in [3.05, 3.63) is 34.9 Å². The fraction of sp³-hybridized carbons (Fsp3) is 0.286. The monoisotopic (exact) mass is 309 g/mol. The minimum atomic E-state index is -3.48. The number of allylic oxidation sites excluding steroid dienone is 1. The van der Waals surface area contributed by atoms with Crippen molar-refractivity contribution in [1.29, 1.82) is 0 Å². The molecule has 0 heterocycles. The number of rotatable bonds is 4. The van der Waals surface area contributed by atoms with Gasteiger partial charge in [0.1, 0.15) is 0 Å². The molecule has 0 aliphatic rings. The first kappa shape index (κ1) is 16.9. The quantitative estimate of drug-likeness (QED) is 0.641. The van der Waals surface area contributed by atoms with Gasteiger partial charge in [-0.1, -0.05) is 19.1 Å². The lowest BCUT2D eigenvalue weighted by molar-refractivity contribution is 0.100. The van der Waals surface area contributed by atoms with Crippen LogP contribution in [0.4, 0.5) is 0 Å². The molecule has 4 N–H and O–H groups in total. The van der Waals surface area contributed by atoms with E-state index in [1.165, 1.54) is 6.07 Å². The van der Waals surface area contributed by atoms with Crippen LogP contribution in [0.25, 0.3) is 6.08 Å². The Labute approximate surface area is 124 Å². The van der Waals surface area contributed by atoms with E-state index >= 15 is 0 Å². The second-order valence-electron chi connectivity index (χ2n) is 4.63. The highest BCUT2D eigenvalue weighted by Gasteiger charge is 2.18. The SMILES string of the molecule is CCC=Cc1cc(C)c(C(=O)N=C(N)N)cc1S(C)(=O)=O. The average molecular weight is 309 g/mol. The minimum Gasteiger partial charge on any atom is -0.370 e. The van der Waals surface area contributed by atoms with Gasteiger partial charge < -0.3 is 11.5 Å². The first-order valence-electron chi connectivity index (χ1n) is 6.32. The van der Waals surface area contributed by atoms with Crippen LogP contribution in [0.5, 0.6) is 0 Å². The van der Waals surface area contributed by atoms with Gasteiger partial charge in [0.15, 0.2) is 15.8 Å². The van der Waals surface area contributed by atoms with Crippen LogP contribution in [0.3, 0.4) is 0 Å². The molecule has 114 valence electrons. The lowest BCUT2D eigenvalue weighted by atomic mass is 10.0. The maximum Gasteiger partial charge on any atom is 0.280 e. The predicted octanol–water partition coefficient (Wildman–Crippen LogP) is 1.24. The number of aliphatic imine (C=N–C) groups is 1. The average Bonchev–Trinajstić information content (AvgIpc) is 2.33. The molecule has 1 aromatic carbocycles. The van der Waals surface area contributed by atoms with E-state index in [4.69, 9.17) is 11.5 Å². The number of aryl methyl sites for hydroxylation is 1. The van der Waals surface area contributed by atoms with Gasteiger partial charge in [0.05, 0.1) is 4.90 Å². The summed E-state index contributed by atoms with van der Waals surface area (Å²) in [5, 5.41) is 0. The molecule has 0 saturated carbocycles. The molecule has 1 aromatic rings. The number of amides is 1. The third kappa shape index (κ3) is 4.42. The molecule has 0 bridgehead atoms. The van der Waals surface area contributed by atoms with Crippen molar-refractivity contribution >= 4 is 27.8 Å². The number of carbonyl (C=O) groups excluding carboxylic acids is 1. The van der Waals surface area contributed by atoms with Gasteiger partial charge in [-0.05, 0) is 36.6 Å².